The summed E-state index contributed by atoms with van der Waals surface area (Å²) in [5.41, 5.74) is 3.42. The molecule has 0 atom stereocenters. The van der Waals surface area contributed by atoms with Gasteiger partial charge in [-0.1, -0.05) is 0 Å². The number of nitro benzene ring substituents is 1. The maximum Gasteiger partial charge on any atom is 0.282 e. The Morgan fingerprint density at radius 3 is 2.38 bits per heavy atom. The quantitative estimate of drug-likeness (QED) is 0.355. The highest BCUT2D eigenvalue weighted by Crippen LogP contribution is 2.28. The number of rotatable bonds is 6. The third-order valence-electron chi connectivity index (χ3n) is 5.12. The van der Waals surface area contributed by atoms with Gasteiger partial charge in [0.25, 0.3) is 11.6 Å². The van der Waals surface area contributed by atoms with Crippen molar-refractivity contribution in [3.05, 3.63) is 82.2 Å². The summed E-state index contributed by atoms with van der Waals surface area (Å²) in [6.07, 6.45) is 1.73. The lowest BCUT2D eigenvalue weighted by molar-refractivity contribution is -0.385. The molecule has 0 bridgehead atoms. The Labute approximate surface area is 183 Å². The zero-order valence-corrected chi connectivity index (χ0v) is 17.7. The molecule has 0 aliphatic rings. The number of pyridine rings is 1. The van der Waals surface area contributed by atoms with E-state index >= 15 is 0 Å². The number of fused-ring (bicyclic) bond motifs is 1. The fourth-order valence-corrected chi connectivity index (χ4v) is 3.44. The first-order chi connectivity index (χ1) is 15.4. The highest BCUT2D eigenvalue weighted by Gasteiger charge is 2.21. The Morgan fingerprint density at radius 2 is 1.72 bits per heavy atom. The third kappa shape index (κ3) is 3.83. The zero-order valence-electron chi connectivity index (χ0n) is 17.7. The van der Waals surface area contributed by atoms with Crippen molar-refractivity contribution in [2.45, 2.75) is 6.92 Å². The number of imidazole rings is 1. The van der Waals surface area contributed by atoms with Gasteiger partial charge in [-0.2, -0.15) is 0 Å². The van der Waals surface area contributed by atoms with Crippen LogP contribution in [0, 0.1) is 17.0 Å². The topological polar surface area (TPSA) is 108 Å². The monoisotopic (exact) mass is 432 g/mol. The first-order valence-corrected chi connectivity index (χ1v) is 9.68. The molecule has 2 aromatic carbocycles. The first kappa shape index (κ1) is 20.9. The van der Waals surface area contributed by atoms with Crippen molar-refractivity contribution >= 4 is 22.9 Å². The lowest BCUT2D eigenvalue weighted by Gasteiger charge is -2.08. The second kappa shape index (κ2) is 8.38. The maximum atomic E-state index is 12.8. The molecule has 9 nitrogen and oxygen atoms in total. The van der Waals surface area contributed by atoms with Crippen LogP contribution in [0.1, 0.15) is 16.1 Å². The number of anilines is 1. The van der Waals surface area contributed by atoms with Crippen molar-refractivity contribution in [1.29, 1.82) is 0 Å². The van der Waals surface area contributed by atoms with Crippen LogP contribution in [0.4, 0.5) is 11.4 Å². The molecule has 0 radical (unpaired) electrons. The summed E-state index contributed by atoms with van der Waals surface area (Å²) in [5.74, 6) is 0.501. The van der Waals surface area contributed by atoms with Crippen molar-refractivity contribution in [1.82, 2.24) is 9.38 Å². The van der Waals surface area contributed by atoms with E-state index in [1.807, 2.05) is 35.6 Å². The number of aromatic nitrogens is 2. The van der Waals surface area contributed by atoms with Crippen molar-refractivity contribution in [3.63, 3.8) is 0 Å². The van der Waals surface area contributed by atoms with Crippen LogP contribution in [0.15, 0.2) is 60.8 Å². The lowest BCUT2D eigenvalue weighted by atomic mass is 10.1. The van der Waals surface area contributed by atoms with E-state index in [-0.39, 0.29) is 11.3 Å². The van der Waals surface area contributed by atoms with Gasteiger partial charge >= 0.3 is 0 Å². The molecule has 0 fully saturated rings. The van der Waals surface area contributed by atoms with Gasteiger partial charge in [-0.3, -0.25) is 14.9 Å². The molecule has 0 unspecified atom stereocenters. The molecule has 0 saturated carbocycles. The number of carbonyl (C=O) groups is 1. The maximum absolute atomic E-state index is 12.8. The summed E-state index contributed by atoms with van der Waals surface area (Å²) in [6.45, 7) is 1.93. The number of hydrogen-bond donors (Lipinski definition) is 1. The fourth-order valence-electron chi connectivity index (χ4n) is 3.44. The van der Waals surface area contributed by atoms with Gasteiger partial charge in [-0.05, 0) is 55.5 Å². The Bertz CT molecular complexity index is 1330. The predicted molar refractivity (Wildman–Crippen MR) is 120 cm³/mol. The molecule has 9 heteroatoms. The number of nitrogens with one attached hydrogen (secondary N) is 1. The highest BCUT2D eigenvalue weighted by atomic mass is 16.6. The minimum absolute atomic E-state index is 0.0873. The Kier molecular flexibility index (Phi) is 5.46. The van der Waals surface area contributed by atoms with Gasteiger partial charge in [0, 0.05) is 23.5 Å². The van der Waals surface area contributed by atoms with Gasteiger partial charge in [0.2, 0.25) is 0 Å². The standard InChI is InChI=1S/C23H20N4O5/c1-14-22(15-4-7-17(31-2)8-5-15)25-21-11-6-16(13-26(14)21)24-23(28)19-12-18(32-3)9-10-20(19)27(29)30/h4-13H,1-3H3,(H,24,28). The van der Waals surface area contributed by atoms with E-state index in [2.05, 4.69) is 10.3 Å². The molecule has 162 valence electrons. The normalized spacial score (nSPS) is 10.7. The number of nitro groups is 1. The summed E-state index contributed by atoms with van der Waals surface area (Å²) in [5, 5.41) is 14.1. The molecule has 1 amide bonds. The molecule has 32 heavy (non-hydrogen) atoms. The van der Waals surface area contributed by atoms with Gasteiger partial charge in [-0.25, -0.2) is 4.98 Å². The van der Waals surface area contributed by atoms with Crippen molar-refractivity contribution in [2.24, 2.45) is 0 Å². The summed E-state index contributed by atoms with van der Waals surface area (Å²) < 4.78 is 12.2. The first-order valence-electron chi connectivity index (χ1n) is 9.68. The molecular formula is C23H20N4O5. The number of benzene rings is 2. The van der Waals surface area contributed by atoms with Gasteiger partial charge in [0.05, 0.1) is 30.5 Å². The second-order valence-electron chi connectivity index (χ2n) is 7.01. The fraction of sp³-hybridized carbons (Fsp3) is 0.130. The average molecular weight is 432 g/mol. The summed E-state index contributed by atoms with van der Waals surface area (Å²) >= 11 is 0. The smallest absolute Gasteiger partial charge is 0.282 e. The SMILES string of the molecule is COc1ccc(-c2nc3ccc(NC(=O)c4cc(OC)ccc4[N+](=O)[O-])cn3c2C)cc1. The van der Waals surface area contributed by atoms with Crippen molar-refractivity contribution < 1.29 is 19.2 Å². The number of methoxy groups -OCH3 is 2. The number of ether oxygens (including phenoxy) is 2. The number of carbonyl (C=O) groups excluding carboxylic acids is 1. The van der Waals surface area contributed by atoms with Crippen LogP contribution in [0.2, 0.25) is 0 Å². The predicted octanol–water partition coefficient (Wildman–Crippen LogP) is 4.49. The number of aryl methyl sites for hydroxylation is 1. The summed E-state index contributed by atoms with van der Waals surface area (Å²) in [6, 6.07) is 15.1. The minimum Gasteiger partial charge on any atom is -0.497 e. The van der Waals surface area contributed by atoms with Gasteiger partial charge in [0.15, 0.2) is 0 Å². The second-order valence-corrected chi connectivity index (χ2v) is 7.01. The van der Waals surface area contributed by atoms with E-state index < -0.39 is 10.8 Å². The van der Waals surface area contributed by atoms with Crippen LogP contribution in [-0.4, -0.2) is 34.4 Å². The van der Waals surface area contributed by atoms with Crippen LogP contribution in [0.3, 0.4) is 0 Å². The molecule has 0 aliphatic heterocycles. The molecule has 4 aromatic rings. The number of amides is 1. The van der Waals surface area contributed by atoms with Gasteiger partial charge in [-0.15, -0.1) is 0 Å². The molecule has 2 heterocycles. The van der Waals surface area contributed by atoms with E-state index in [1.54, 1.807) is 25.4 Å². The summed E-state index contributed by atoms with van der Waals surface area (Å²) in [4.78, 5) is 28.2. The Hall–Kier alpha value is -4.40. The summed E-state index contributed by atoms with van der Waals surface area (Å²) in [7, 11) is 3.04. The number of nitrogens with zero attached hydrogens (tertiary/aromatic N) is 3. The number of hydrogen-bond acceptors (Lipinski definition) is 6. The molecule has 0 spiro atoms. The lowest BCUT2D eigenvalue weighted by Crippen LogP contribution is -2.14. The van der Waals surface area contributed by atoms with Gasteiger partial charge < -0.3 is 19.2 Å². The zero-order chi connectivity index (χ0) is 22.8. The van der Waals surface area contributed by atoms with Crippen LogP contribution in [-0.2, 0) is 0 Å². The van der Waals surface area contributed by atoms with E-state index in [9.17, 15) is 14.9 Å². The molecular weight excluding hydrogens is 412 g/mol. The molecule has 1 N–H and O–H groups in total. The van der Waals surface area contributed by atoms with E-state index in [1.165, 1.54) is 25.3 Å². The third-order valence-corrected chi connectivity index (χ3v) is 5.12. The molecule has 2 aromatic heterocycles. The van der Waals surface area contributed by atoms with Crippen molar-refractivity contribution in [3.8, 4) is 22.8 Å². The molecule has 0 saturated heterocycles. The Morgan fingerprint density at radius 1 is 1.03 bits per heavy atom. The van der Waals surface area contributed by atoms with E-state index in [0.717, 1.165) is 22.7 Å². The molecule has 4 rings (SSSR count). The van der Waals surface area contributed by atoms with Crippen LogP contribution < -0.4 is 14.8 Å². The van der Waals surface area contributed by atoms with E-state index in [0.29, 0.717) is 17.1 Å². The van der Waals surface area contributed by atoms with Crippen LogP contribution in [0.5, 0.6) is 11.5 Å². The van der Waals surface area contributed by atoms with Crippen LogP contribution >= 0.6 is 0 Å². The van der Waals surface area contributed by atoms with E-state index in [4.69, 9.17) is 9.47 Å². The Balaban J connectivity index is 1.67. The van der Waals surface area contributed by atoms with Crippen molar-refractivity contribution in [2.75, 3.05) is 19.5 Å². The molecule has 0 aliphatic carbocycles. The highest BCUT2D eigenvalue weighted by molar-refractivity contribution is 6.07. The average Bonchev–Trinajstić information content (AvgIpc) is 3.14. The van der Waals surface area contributed by atoms with Gasteiger partial charge in [0.1, 0.15) is 22.7 Å². The minimum atomic E-state index is -0.608. The van der Waals surface area contributed by atoms with Crippen LogP contribution in [0.25, 0.3) is 16.9 Å². The largest absolute Gasteiger partial charge is 0.497 e.